The van der Waals surface area contributed by atoms with E-state index in [9.17, 15) is 0 Å². The molecule has 0 heterocycles. The van der Waals surface area contributed by atoms with Crippen LogP contribution in [0.3, 0.4) is 0 Å². The normalized spacial score (nSPS) is 18.4. The van der Waals surface area contributed by atoms with Crippen LogP contribution in [0, 0.1) is 0 Å². The van der Waals surface area contributed by atoms with Crippen molar-refractivity contribution in [2.75, 3.05) is 0 Å². The van der Waals surface area contributed by atoms with Gasteiger partial charge in [-0.05, 0) is 28.0 Å². The van der Waals surface area contributed by atoms with Crippen molar-refractivity contribution in [2.24, 2.45) is 0 Å². The van der Waals surface area contributed by atoms with E-state index in [0.29, 0.717) is 5.92 Å². The molecule has 2 aromatic carbocycles. The second-order valence-corrected chi connectivity index (χ2v) is 4.91. The molecule has 1 atom stereocenters. The summed E-state index contributed by atoms with van der Waals surface area (Å²) in [6.45, 7) is 2.24. The van der Waals surface area contributed by atoms with Crippen molar-refractivity contribution in [2.45, 2.75) is 12.8 Å². The Labute approximate surface area is 97.7 Å². The van der Waals surface area contributed by atoms with Crippen LogP contribution in [0.1, 0.15) is 24.0 Å². The van der Waals surface area contributed by atoms with Gasteiger partial charge < -0.3 is 0 Å². The van der Waals surface area contributed by atoms with Crippen molar-refractivity contribution in [3.8, 4) is 0 Å². The molecule has 2 aromatic rings. The Bertz CT molecular complexity index is 567. The molecular formula is C14H11Br. The van der Waals surface area contributed by atoms with Crippen molar-refractivity contribution < 1.29 is 0 Å². The van der Waals surface area contributed by atoms with Crippen molar-refractivity contribution >= 4 is 32.8 Å². The van der Waals surface area contributed by atoms with Crippen LogP contribution in [0.15, 0.2) is 40.9 Å². The fourth-order valence-corrected chi connectivity index (χ4v) is 3.16. The third-order valence-electron chi connectivity index (χ3n) is 3.09. The largest absolute Gasteiger partial charge is 0.0766 e. The smallest absolute Gasteiger partial charge is 0.0225 e. The standard InChI is InChI=1S/C14H11Br/c1-9-6-7-12-11-5-3-2-4-10(11)8-13(15)14(9)12/h2-9H,1H3. The summed E-state index contributed by atoms with van der Waals surface area (Å²) in [7, 11) is 0. The molecule has 0 spiro atoms. The number of halogens is 1. The molecule has 0 saturated carbocycles. The first kappa shape index (κ1) is 9.17. The topological polar surface area (TPSA) is 0 Å². The second-order valence-electron chi connectivity index (χ2n) is 4.05. The summed E-state index contributed by atoms with van der Waals surface area (Å²) in [6.07, 6.45) is 4.51. The molecule has 74 valence electrons. The highest BCUT2D eigenvalue weighted by atomic mass is 79.9. The summed E-state index contributed by atoms with van der Waals surface area (Å²) in [4.78, 5) is 0. The van der Waals surface area contributed by atoms with Gasteiger partial charge in [0.05, 0.1) is 0 Å². The van der Waals surface area contributed by atoms with Crippen molar-refractivity contribution in [3.05, 3.63) is 52.0 Å². The molecule has 0 N–H and O–H groups in total. The fraction of sp³-hybridized carbons (Fsp3) is 0.143. The first-order chi connectivity index (χ1) is 7.27. The molecule has 0 aliphatic heterocycles. The van der Waals surface area contributed by atoms with E-state index >= 15 is 0 Å². The number of rotatable bonds is 0. The number of hydrogen-bond acceptors (Lipinski definition) is 0. The summed E-state index contributed by atoms with van der Waals surface area (Å²) in [5.74, 6) is 0.527. The van der Waals surface area contributed by atoms with Crippen molar-refractivity contribution in [3.63, 3.8) is 0 Å². The van der Waals surface area contributed by atoms with Gasteiger partial charge in [0.15, 0.2) is 0 Å². The predicted molar refractivity (Wildman–Crippen MR) is 69.1 cm³/mol. The van der Waals surface area contributed by atoms with Gasteiger partial charge in [-0.25, -0.2) is 0 Å². The molecule has 0 nitrogen and oxygen atoms in total. The minimum Gasteiger partial charge on any atom is -0.0766 e. The summed E-state index contributed by atoms with van der Waals surface area (Å²) < 4.78 is 1.23. The molecule has 1 aliphatic rings. The minimum atomic E-state index is 0.527. The summed E-state index contributed by atoms with van der Waals surface area (Å²) in [5.41, 5.74) is 2.81. The number of hydrogen-bond donors (Lipinski definition) is 0. The van der Waals surface area contributed by atoms with Crippen LogP contribution < -0.4 is 0 Å². The van der Waals surface area contributed by atoms with E-state index in [1.807, 2.05) is 0 Å². The molecule has 0 radical (unpaired) electrons. The number of allylic oxidation sites excluding steroid dienone is 1. The third-order valence-corrected chi connectivity index (χ3v) is 3.74. The molecule has 0 aromatic heterocycles. The van der Waals surface area contributed by atoms with Crippen molar-refractivity contribution in [1.82, 2.24) is 0 Å². The lowest BCUT2D eigenvalue weighted by Crippen LogP contribution is -1.90. The van der Waals surface area contributed by atoms with Gasteiger partial charge in [0.2, 0.25) is 0 Å². The first-order valence-electron chi connectivity index (χ1n) is 5.17. The molecule has 15 heavy (non-hydrogen) atoms. The van der Waals surface area contributed by atoms with Crippen LogP contribution in [0.2, 0.25) is 0 Å². The SMILES string of the molecule is CC1C=Cc2c1c(Br)cc1ccccc21. The Morgan fingerprint density at radius 3 is 2.87 bits per heavy atom. The summed E-state index contributed by atoms with van der Waals surface area (Å²) in [5, 5.41) is 2.66. The number of fused-ring (bicyclic) bond motifs is 3. The lowest BCUT2D eigenvalue weighted by molar-refractivity contribution is 0.985. The van der Waals surface area contributed by atoms with Gasteiger partial charge in [0, 0.05) is 10.4 Å². The quantitative estimate of drug-likeness (QED) is 0.641. The van der Waals surface area contributed by atoms with E-state index in [1.165, 1.54) is 26.4 Å². The lowest BCUT2D eigenvalue weighted by atomic mass is 9.97. The van der Waals surface area contributed by atoms with Crippen LogP contribution in [0.25, 0.3) is 16.8 Å². The van der Waals surface area contributed by atoms with Gasteiger partial charge in [-0.15, -0.1) is 0 Å². The van der Waals surface area contributed by atoms with Gasteiger partial charge >= 0.3 is 0 Å². The van der Waals surface area contributed by atoms with Gasteiger partial charge in [-0.3, -0.25) is 0 Å². The molecule has 0 bridgehead atoms. The maximum absolute atomic E-state index is 3.67. The van der Waals surface area contributed by atoms with Crippen LogP contribution in [0.5, 0.6) is 0 Å². The molecule has 0 saturated heterocycles. The van der Waals surface area contributed by atoms with Crippen LogP contribution in [-0.2, 0) is 0 Å². The average Bonchev–Trinajstić information content (AvgIpc) is 2.62. The Morgan fingerprint density at radius 2 is 2.00 bits per heavy atom. The fourth-order valence-electron chi connectivity index (χ4n) is 2.34. The minimum absolute atomic E-state index is 0.527. The molecule has 1 unspecified atom stereocenters. The van der Waals surface area contributed by atoms with Gasteiger partial charge in [0.25, 0.3) is 0 Å². The molecular weight excluding hydrogens is 248 g/mol. The zero-order valence-corrected chi connectivity index (χ0v) is 10.1. The van der Waals surface area contributed by atoms with Gasteiger partial charge in [-0.2, -0.15) is 0 Å². The highest BCUT2D eigenvalue weighted by molar-refractivity contribution is 9.10. The molecule has 0 amide bonds. The Kier molecular flexibility index (Phi) is 1.96. The Balaban J connectivity index is 2.48. The third kappa shape index (κ3) is 1.26. The lowest BCUT2D eigenvalue weighted by Gasteiger charge is -2.10. The highest BCUT2D eigenvalue weighted by Crippen LogP contribution is 2.39. The summed E-state index contributed by atoms with van der Waals surface area (Å²) in [6, 6.07) is 10.8. The molecule has 1 aliphatic carbocycles. The predicted octanol–water partition coefficient (Wildman–Crippen LogP) is 4.73. The van der Waals surface area contributed by atoms with Crippen LogP contribution in [0.4, 0.5) is 0 Å². The van der Waals surface area contributed by atoms with E-state index in [1.54, 1.807) is 0 Å². The Hall–Kier alpha value is -1.08. The summed E-state index contributed by atoms with van der Waals surface area (Å²) >= 11 is 3.67. The van der Waals surface area contributed by atoms with E-state index in [4.69, 9.17) is 0 Å². The van der Waals surface area contributed by atoms with Crippen LogP contribution in [-0.4, -0.2) is 0 Å². The highest BCUT2D eigenvalue weighted by Gasteiger charge is 2.18. The molecule has 3 rings (SSSR count). The maximum Gasteiger partial charge on any atom is 0.0225 e. The monoisotopic (exact) mass is 258 g/mol. The van der Waals surface area contributed by atoms with E-state index < -0.39 is 0 Å². The van der Waals surface area contributed by atoms with E-state index in [0.717, 1.165) is 0 Å². The number of benzene rings is 2. The van der Waals surface area contributed by atoms with Crippen molar-refractivity contribution in [1.29, 1.82) is 0 Å². The zero-order valence-electron chi connectivity index (χ0n) is 8.50. The van der Waals surface area contributed by atoms with Gasteiger partial charge in [-0.1, -0.05) is 59.3 Å². The maximum atomic E-state index is 3.67. The second kappa shape index (κ2) is 3.21. The van der Waals surface area contributed by atoms with Crippen LogP contribution >= 0.6 is 15.9 Å². The van der Waals surface area contributed by atoms with E-state index in [2.05, 4.69) is 65.3 Å². The van der Waals surface area contributed by atoms with Gasteiger partial charge in [0.1, 0.15) is 0 Å². The zero-order chi connectivity index (χ0) is 10.4. The van der Waals surface area contributed by atoms with E-state index in [-0.39, 0.29) is 0 Å². The Morgan fingerprint density at radius 1 is 1.20 bits per heavy atom. The average molecular weight is 259 g/mol. The molecule has 1 heteroatoms. The molecule has 0 fully saturated rings. The first-order valence-corrected chi connectivity index (χ1v) is 5.96.